The molecule has 0 spiro atoms. The topological polar surface area (TPSA) is 85.3 Å². The van der Waals surface area contributed by atoms with E-state index >= 15 is 0 Å². The lowest BCUT2D eigenvalue weighted by Gasteiger charge is -2.31. The first-order chi connectivity index (χ1) is 17.3. The molecule has 1 fully saturated rings. The van der Waals surface area contributed by atoms with Crippen molar-refractivity contribution in [2.24, 2.45) is 5.92 Å². The van der Waals surface area contributed by atoms with Crippen molar-refractivity contribution in [3.8, 4) is 11.3 Å². The summed E-state index contributed by atoms with van der Waals surface area (Å²) in [4.78, 5) is 40.9. The number of rotatable bonds is 8. The molecular formula is C26H28F2N4O3S. The third-order valence-electron chi connectivity index (χ3n) is 6.29. The Labute approximate surface area is 212 Å². The maximum atomic E-state index is 14.1. The van der Waals surface area contributed by atoms with Crippen LogP contribution in [0.3, 0.4) is 0 Å². The van der Waals surface area contributed by atoms with Crippen molar-refractivity contribution < 1.29 is 23.1 Å². The van der Waals surface area contributed by atoms with Crippen molar-refractivity contribution >= 4 is 28.9 Å². The van der Waals surface area contributed by atoms with Gasteiger partial charge in [-0.15, -0.1) is 11.3 Å². The molecule has 0 bridgehead atoms. The van der Waals surface area contributed by atoms with Gasteiger partial charge in [-0.25, -0.2) is 23.7 Å². The number of carbonyl (C=O) groups excluding carboxylic acids is 2. The summed E-state index contributed by atoms with van der Waals surface area (Å²) in [6.45, 7) is 6.82. The van der Waals surface area contributed by atoms with Crippen LogP contribution in [0.25, 0.3) is 11.3 Å². The van der Waals surface area contributed by atoms with Gasteiger partial charge in [-0.05, 0) is 45.2 Å². The summed E-state index contributed by atoms with van der Waals surface area (Å²) >= 11 is 1.35. The molecule has 1 aromatic carbocycles. The fourth-order valence-electron chi connectivity index (χ4n) is 4.18. The normalized spacial score (nSPS) is 14.2. The van der Waals surface area contributed by atoms with Crippen molar-refractivity contribution in [3.05, 3.63) is 57.3 Å². The van der Waals surface area contributed by atoms with Crippen LogP contribution in [0.1, 0.15) is 52.6 Å². The standard InChI is InChI=1S/C26H28F2N4O3S/c1-4-22-25(17-10-18(27)15(3)19(28)11-17)31-24(36-22)12-21(33)20-13-30-23(14-29-20)32-8-6-16(7-9-32)26(34)35-5-2/h10-11,13-14,16H,4-9,12H2,1-3H3. The molecule has 10 heteroatoms. The van der Waals surface area contributed by atoms with Crippen molar-refractivity contribution in [2.75, 3.05) is 24.6 Å². The number of esters is 1. The highest BCUT2D eigenvalue weighted by molar-refractivity contribution is 7.12. The van der Waals surface area contributed by atoms with Crippen LogP contribution in [-0.4, -0.2) is 46.4 Å². The average Bonchev–Trinajstić information content (AvgIpc) is 3.30. The van der Waals surface area contributed by atoms with E-state index in [0.717, 1.165) is 4.88 Å². The average molecular weight is 515 g/mol. The molecule has 3 heterocycles. The summed E-state index contributed by atoms with van der Waals surface area (Å²) in [6.07, 6.45) is 5.03. The first-order valence-corrected chi connectivity index (χ1v) is 12.8. The van der Waals surface area contributed by atoms with Crippen LogP contribution in [0, 0.1) is 24.5 Å². The van der Waals surface area contributed by atoms with Crippen LogP contribution in [0.5, 0.6) is 0 Å². The number of thiazole rings is 1. The second kappa shape index (κ2) is 11.2. The van der Waals surface area contributed by atoms with Gasteiger partial charge in [0.15, 0.2) is 5.78 Å². The SMILES string of the molecule is CCOC(=O)C1CCN(c2cnc(C(=O)Cc3nc(-c4cc(F)c(C)c(F)c4)c(CC)s3)cn2)CC1. The minimum absolute atomic E-state index is 0.0213. The molecule has 0 saturated carbocycles. The highest BCUT2D eigenvalue weighted by Crippen LogP contribution is 2.31. The zero-order valence-electron chi connectivity index (χ0n) is 20.5. The lowest BCUT2D eigenvalue weighted by Crippen LogP contribution is -2.37. The highest BCUT2D eigenvalue weighted by Gasteiger charge is 2.27. The van der Waals surface area contributed by atoms with E-state index in [1.807, 2.05) is 11.8 Å². The largest absolute Gasteiger partial charge is 0.466 e. The molecule has 7 nitrogen and oxygen atoms in total. The zero-order valence-corrected chi connectivity index (χ0v) is 21.3. The smallest absolute Gasteiger partial charge is 0.309 e. The number of benzene rings is 1. The van der Waals surface area contributed by atoms with E-state index in [0.29, 0.717) is 61.0 Å². The summed E-state index contributed by atoms with van der Waals surface area (Å²) in [7, 11) is 0. The molecule has 1 aliphatic rings. The van der Waals surface area contributed by atoms with Crippen LogP contribution >= 0.6 is 11.3 Å². The van der Waals surface area contributed by atoms with Gasteiger partial charge in [0.25, 0.3) is 0 Å². The van der Waals surface area contributed by atoms with E-state index in [-0.39, 0.29) is 35.3 Å². The number of nitrogens with zero attached hydrogens (tertiary/aromatic N) is 4. The van der Waals surface area contributed by atoms with Crippen LogP contribution in [-0.2, 0) is 22.4 Å². The Hall–Kier alpha value is -3.27. The maximum Gasteiger partial charge on any atom is 0.309 e. The van der Waals surface area contributed by atoms with E-state index in [9.17, 15) is 18.4 Å². The number of aromatic nitrogens is 3. The van der Waals surface area contributed by atoms with Gasteiger partial charge in [-0.2, -0.15) is 0 Å². The van der Waals surface area contributed by atoms with E-state index in [2.05, 4.69) is 15.0 Å². The predicted octanol–water partition coefficient (Wildman–Crippen LogP) is 4.95. The summed E-state index contributed by atoms with van der Waals surface area (Å²) in [6, 6.07) is 2.55. The van der Waals surface area contributed by atoms with Gasteiger partial charge in [0, 0.05) is 29.1 Å². The lowest BCUT2D eigenvalue weighted by atomic mass is 9.97. The number of piperidine rings is 1. The van der Waals surface area contributed by atoms with Crippen LogP contribution in [0.4, 0.5) is 14.6 Å². The van der Waals surface area contributed by atoms with Gasteiger partial charge in [-0.1, -0.05) is 6.92 Å². The molecule has 0 amide bonds. The molecule has 2 aromatic heterocycles. The third kappa shape index (κ3) is 5.59. The number of Topliss-reactive ketones (excluding diaryl/α,β-unsaturated/α-hetero) is 1. The summed E-state index contributed by atoms with van der Waals surface area (Å²) in [5.41, 5.74) is 1.05. The second-order valence-electron chi connectivity index (χ2n) is 8.67. The van der Waals surface area contributed by atoms with E-state index < -0.39 is 11.6 Å². The number of ketones is 1. The Bertz CT molecular complexity index is 1230. The molecule has 0 atom stereocenters. The predicted molar refractivity (Wildman–Crippen MR) is 133 cm³/mol. The maximum absolute atomic E-state index is 14.1. The first-order valence-electron chi connectivity index (χ1n) is 12.0. The molecule has 0 aliphatic carbocycles. The third-order valence-corrected chi connectivity index (χ3v) is 7.49. The molecule has 3 aromatic rings. The monoisotopic (exact) mass is 514 g/mol. The molecule has 36 heavy (non-hydrogen) atoms. The lowest BCUT2D eigenvalue weighted by molar-refractivity contribution is -0.148. The molecule has 0 unspecified atom stereocenters. The van der Waals surface area contributed by atoms with Crippen LogP contribution < -0.4 is 4.90 Å². The van der Waals surface area contributed by atoms with Gasteiger partial charge in [0.05, 0.1) is 37.0 Å². The van der Waals surface area contributed by atoms with Gasteiger partial charge in [0.1, 0.15) is 28.2 Å². The molecule has 4 rings (SSSR count). The number of ether oxygens (including phenoxy) is 1. The molecular weight excluding hydrogens is 486 g/mol. The van der Waals surface area contributed by atoms with Gasteiger partial charge >= 0.3 is 5.97 Å². The summed E-state index contributed by atoms with van der Waals surface area (Å²) < 4.78 is 33.3. The van der Waals surface area contributed by atoms with E-state index in [1.54, 1.807) is 13.1 Å². The highest BCUT2D eigenvalue weighted by atomic mass is 32.1. The summed E-state index contributed by atoms with van der Waals surface area (Å²) in [5.74, 6) is -1.09. The van der Waals surface area contributed by atoms with Crippen molar-refractivity contribution in [3.63, 3.8) is 0 Å². The number of hydrogen-bond donors (Lipinski definition) is 0. The minimum Gasteiger partial charge on any atom is -0.466 e. The quantitative estimate of drug-likeness (QED) is 0.310. The fraction of sp³-hybridized carbons (Fsp3) is 0.423. The van der Waals surface area contributed by atoms with Crippen LogP contribution in [0.2, 0.25) is 0 Å². The number of carbonyl (C=O) groups is 2. The number of hydrogen-bond acceptors (Lipinski definition) is 8. The number of halogens is 2. The number of aryl methyl sites for hydroxylation is 1. The molecule has 1 saturated heterocycles. The van der Waals surface area contributed by atoms with Gasteiger partial charge in [0.2, 0.25) is 0 Å². The Balaban J connectivity index is 1.42. The minimum atomic E-state index is -0.627. The fourth-order valence-corrected chi connectivity index (χ4v) is 5.21. The summed E-state index contributed by atoms with van der Waals surface area (Å²) in [5, 5.41) is 0.556. The molecule has 1 aliphatic heterocycles. The van der Waals surface area contributed by atoms with Crippen molar-refractivity contribution in [1.82, 2.24) is 15.0 Å². The van der Waals surface area contributed by atoms with E-state index in [1.165, 1.54) is 36.6 Å². The number of anilines is 1. The van der Waals surface area contributed by atoms with Gasteiger partial charge in [-0.3, -0.25) is 9.59 Å². The molecule has 0 N–H and O–H groups in total. The Morgan fingerprint density at radius 2 is 1.81 bits per heavy atom. The Morgan fingerprint density at radius 1 is 1.11 bits per heavy atom. The van der Waals surface area contributed by atoms with Crippen LogP contribution in [0.15, 0.2) is 24.5 Å². The Morgan fingerprint density at radius 3 is 2.39 bits per heavy atom. The zero-order chi connectivity index (χ0) is 25.8. The molecule has 0 radical (unpaired) electrons. The first kappa shape index (κ1) is 25.8. The molecule has 190 valence electrons. The van der Waals surface area contributed by atoms with Crippen molar-refractivity contribution in [1.29, 1.82) is 0 Å². The van der Waals surface area contributed by atoms with E-state index in [4.69, 9.17) is 4.74 Å². The van der Waals surface area contributed by atoms with Crippen molar-refractivity contribution in [2.45, 2.75) is 46.5 Å². The van der Waals surface area contributed by atoms with Gasteiger partial charge < -0.3 is 9.64 Å². The second-order valence-corrected chi connectivity index (χ2v) is 9.84. The Kier molecular flexibility index (Phi) is 8.03.